The Morgan fingerprint density at radius 2 is 1.32 bits per heavy atom. The predicted octanol–water partition coefficient (Wildman–Crippen LogP) is 3.36. The molecule has 3 amide bonds. The Hall–Kier alpha value is -3.93. The van der Waals surface area contributed by atoms with Crippen molar-refractivity contribution >= 4 is 23.4 Å². The molecule has 0 saturated heterocycles. The molecular weight excluding hydrogens is 390 g/mol. The number of fused-ring (bicyclic) bond motifs is 1. The molecule has 0 bridgehead atoms. The van der Waals surface area contributed by atoms with Gasteiger partial charge in [0.1, 0.15) is 6.04 Å². The zero-order valence-corrected chi connectivity index (χ0v) is 17.0. The highest BCUT2D eigenvalue weighted by Gasteiger charge is 2.30. The Morgan fingerprint density at radius 1 is 0.774 bits per heavy atom. The fraction of sp³-hybridized carbons (Fsp3) is 0.160. The molecule has 3 aromatic rings. The summed E-state index contributed by atoms with van der Waals surface area (Å²) in [6.07, 6.45) is -0.120. The highest BCUT2D eigenvalue weighted by molar-refractivity contribution is 6.10. The number of rotatable bonds is 6. The summed E-state index contributed by atoms with van der Waals surface area (Å²) < 4.78 is 0. The van der Waals surface area contributed by atoms with Crippen molar-refractivity contribution in [2.75, 3.05) is 5.32 Å². The lowest BCUT2D eigenvalue weighted by molar-refractivity contribution is -0.134. The lowest BCUT2D eigenvalue weighted by Crippen LogP contribution is -2.45. The second kappa shape index (κ2) is 9.26. The minimum atomic E-state index is -0.943. The first-order chi connectivity index (χ1) is 15.1. The molecule has 2 N–H and O–H groups in total. The predicted molar refractivity (Wildman–Crippen MR) is 118 cm³/mol. The molecule has 31 heavy (non-hydrogen) atoms. The molecule has 0 radical (unpaired) electrons. The molecular formula is C25H23N3O3. The van der Waals surface area contributed by atoms with Gasteiger partial charge in [-0.2, -0.15) is 0 Å². The molecule has 3 aromatic carbocycles. The van der Waals surface area contributed by atoms with Crippen LogP contribution in [0.2, 0.25) is 0 Å². The van der Waals surface area contributed by atoms with Gasteiger partial charge in [0.2, 0.25) is 11.8 Å². The third kappa shape index (κ3) is 4.98. The van der Waals surface area contributed by atoms with E-state index < -0.39 is 11.9 Å². The summed E-state index contributed by atoms with van der Waals surface area (Å²) in [6.45, 7) is 0.828. The average Bonchev–Trinajstić information content (AvgIpc) is 2.91. The van der Waals surface area contributed by atoms with Gasteiger partial charge in [0.05, 0.1) is 17.7 Å². The van der Waals surface area contributed by atoms with Crippen molar-refractivity contribution in [1.29, 1.82) is 0 Å². The van der Waals surface area contributed by atoms with Crippen molar-refractivity contribution in [2.45, 2.75) is 25.6 Å². The van der Waals surface area contributed by atoms with E-state index in [1.807, 2.05) is 60.7 Å². The minimum Gasteiger partial charge on any atom is -0.340 e. The molecule has 0 aliphatic carbocycles. The number of hydrogen-bond donors (Lipinski definition) is 2. The molecule has 4 rings (SSSR count). The van der Waals surface area contributed by atoms with Crippen LogP contribution in [0.25, 0.3) is 0 Å². The van der Waals surface area contributed by atoms with Crippen LogP contribution in [-0.4, -0.2) is 28.7 Å². The van der Waals surface area contributed by atoms with E-state index in [-0.39, 0.29) is 18.2 Å². The van der Waals surface area contributed by atoms with E-state index in [0.29, 0.717) is 24.3 Å². The van der Waals surface area contributed by atoms with Crippen LogP contribution in [0.15, 0.2) is 84.9 Å². The van der Waals surface area contributed by atoms with E-state index in [1.54, 1.807) is 29.2 Å². The number of nitrogens with zero attached hydrogens (tertiary/aromatic N) is 1. The smallest absolute Gasteiger partial charge is 0.254 e. The van der Waals surface area contributed by atoms with Crippen LogP contribution in [0.1, 0.15) is 27.9 Å². The van der Waals surface area contributed by atoms with Crippen molar-refractivity contribution in [3.8, 4) is 0 Å². The summed E-state index contributed by atoms with van der Waals surface area (Å²) in [5, 5.41) is 5.45. The summed E-state index contributed by atoms with van der Waals surface area (Å²) >= 11 is 0. The lowest BCUT2D eigenvalue weighted by atomic mass is 10.1. The molecule has 1 atom stereocenters. The van der Waals surface area contributed by atoms with Gasteiger partial charge < -0.3 is 15.5 Å². The first-order valence-corrected chi connectivity index (χ1v) is 10.2. The molecule has 0 unspecified atom stereocenters. The van der Waals surface area contributed by atoms with E-state index in [0.717, 1.165) is 11.1 Å². The fourth-order valence-electron chi connectivity index (χ4n) is 3.60. The molecule has 156 valence electrons. The van der Waals surface area contributed by atoms with Crippen LogP contribution < -0.4 is 10.6 Å². The van der Waals surface area contributed by atoms with Crippen LogP contribution in [0, 0.1) is 0 Å². The quantitative estimate of drug-likeness (QED) is 0.651. The van der Waals surface area contributed by atoms with Gasteiger partial charge in [-0.15, -0.1) is 0 Å². The molecule has 1 aliphatic heterocycles. The van der Waals surface area contributed by atoms with E-state index in [4.69, 9.17) is 0 Å². The van der Waals surface area contributed by atoms with Gasteiger partial charge >= 0.3 is 0 Å². The van der Waals surface area contributed by atoms with E-state index in [9.17, 15) is 14.4 Å². The number of carbonyl (C=O) groups is 3. The Morgan fingerprint density at radius 3 is 1.94 bits per heavy atom. The maximum Gasteiger partial charge on any atom is 0.254 e. The van der Waals surface area contributed by atoms with Gasteiger partial charge in [-0.05, 0) is 23.3 Å². The van der Waals surface area contributed by atoms with Crippen molar-refractivity contribution in [1.82, 2.24) is 10.2 Å². The maximum absolute atomic E-state index is 13.3. The van der Waals surface area contributed by atoms with Crippen molar-refractivity contribution in [3.63, 3.8) is 0 Å². The molecule has 0 fully saturated rings. The Kier molecular flexibility index (Phi) is 6.08. The lowest BCUT2D eigenvalue weighted by Gasteiger charge is -2.25. The molecule has 6 heteroatoms. The summed E-state index contributed by atoms with van der Waals surface area (Å²) in [7, 11) is 0. The number of anilines is 1. The maximum atomic E-state index is 13.3. The van der Waals surface area contributed by atoms with Crippen molar-refractivity contribution in [3.05, 3.63) is 102 Å². The van der Waals surface area contributed by atoms with E-state index >= 15 is 0 Å². The number of hydrogen-bond acceptors (Lipinski definition) is 3. The molecule has 6 nitrogen and oxygen atoms in total. The Labute approximate surface area is 180 Å². The third-order valence-corrected chi connectivity index (χ3v) is 5.22. The number of para-hydroxylation sites is 1. The summed E-state index contributed by atoms with van der Waals surface area (Å²) in [5.41, 5.74) is 2.82. The first-order valence-electron chi connectivity index (χ1n) is 10.2. The summed E-state index contributed by atoms with van der Waals surface area (Å²) in [5.74, 6) is -0.977. The molecule has 0 aromatic heterocycles. The minimum absolute atomic E-state index is 0.120. The Bertz CT molecular complexity index is 1040. The van der Waals surface area contributed by atoms with Gasteiger partial charge in [0, 0.05) is 13.1 Å². The van der Waals surface area contributed by atoms with Crippen molar-refractivity contribution < 1.29 is 14.4 Å². The molecule has 1 aliphatic rings. The van der Waals surface area contributed by atoms with Crippen LogP contribution in [-0.2, 0) is 22.7 Å². The fourth-order valence-corrected chi connectivity index (χ4v) is 3.60. The van der Waals surface area contributed by atoms with Crippen LogP contribution >= 0.6 is 0 Å². The molecule has 1 heterocycles. The monoisotopic (exact) mass is 413 g/mol. The first kappa shape index (κ1) is 20.3. The zero-order valence-electron chi connectivity index (χ0n) is 17.0. The largest absolute Gasteiger partial charge is 0.340 e. The van der Waals surface area contributed by atoms with Gasteiger partial charge in [-0.1, -0.05) is 72.8 Å². The summed E-state index contributed by atoms with van der Waals surface area (Å²) in [6, 6.07) is 25.3. The van der Waals surface area contributed by atoms with Crippen LogP contribution in [0.5, 0.6) is 0 Å². The number of benzene rings is 3. The second-order valence-electron chi connectivity index (χ2n) is 7.49. The van der Waals surface area contributed by atoms with Gasteiger partial charge in [-0.25, -0.2) is 0 Å². The number of nitrogens with one attached hydrogen (secondary N) is 2. The highest BCUT2D eigenvalue weighted by Crippen LogP contribution is 2.20. The van der Waals surface area contributed by atoms with Gasteiger partial charge in [0.25, 0.3) is 5.91 Å². The zero-order chi connectivity index (χ0) is 21.6. The second-order valence-corrected chi connectivity index (χ2v) is 7.49. The Balaban J connectivity index is 1.52. The average molecular weight is 413 g/mol. The SMILES string of the molecule is O=C1N[C@H](CC(=O)N(Cc2ccccc2)Cc2ccccc2)C(=O)Nc2ccccc21. The van der Waals surface area contributed by atoms with Gasteiger partial charge in [0.15, 0.2) is 0 Å². The topological polar surface area (TPSA) is 78.5 Å². The van der Waals surface area contributed by atoms with Crippen molar-refractivity contribution in [2.24, 2.45) is 0 Å². The summed E-state index contributed by atoms with van der Waals surface area (Å²) in [4.78, 5) is 40.2. The molecule has 0 saturated carbocycles. The number of carbonyl (C=O) groups excluding carboxylic acids is 3. The van der Waals surface area contributed by atoms with E-state index in [2.05, 4.69) is 10.6 Å². The molecule has 0 spiro atoms. The van der Waals surface area contributed by atoms with Crippen LogP contribution in [0.4, 0.5) is 5.69 Å². The third-order valence-electron chi connectivity index (χ3n) is 5.22. The van der Waals surface area contributed by atoms with Gasteiger partial charge in [-0.3, -0.25) is 14.4 Å². The highest BCUT2D eigenvalue weighted by atomic mass is 16.2. The normalized spacial score (nSPS) is 15.3. The van der Waals surface area contributed by atoms with Crippen LogP contribution in [0.3, 0.4) is 0 Å². The van der Waals surface area contributed by atoms with E-state index in [1.165, 1.54) is 0 Å². The number of amides is 3. The standard InChI is InChI=1S/C25H23N3O3/c29-23(15-22-25(31)26-21-14-8-7-13-20(21)24(30)27-22)28(16-18-9-3-1-4-10-18)17-19-11-5-2-6-12-19/h1-14,22H,15-17H2,(H,26,31)(H,27,30)/t22-/m1/s1.